The minimum Gasteiger partial charge on any atom is -0.494 e. The van der Waals surface area contributed by atoms with Crippen molar-refractivity contribution in [2.24, 2.45) is 0 Å². The molecule has 1 aliphatic heterocycles. The minimum atomic E-state index is -0.273. The summed E-state index contributed by atoms with van der Waals surface area (Å²) in [4.78, 5) is 0. The van der Waals surface area contributed by atoms with Crippen LogP contribution in [-0.2, 0) is 6.54 Å². The Labute approximate surface area is 83.1 Å². The van der Waals surface area contributed by atoms with E-state index in [4.69, 9.17) is 4.74 Å². The number of benzene rings is 1. The van der Waals surface area contributed by atoms with Crippen LogP contribution >= 0.6 is 0 Å². The number of hydrogen-bond donors (Lipinski definition) is 1. The van der Waals surface area contributed by atoms with Crippen molar-refractivity contribution in [1.29, 1.82) is 0 Å². The Morgan fingerprint density at radius 1 is 1.57 bits per heavy atom. The summed E-state index contributed by atoms with van der Waals surface area (Å²) >= 11 is 0. The minimum absolute atomic E-state index is 0.273. The van der Waals surface area contributed by atoms with Crippen molar-refractivity contribution in [3.8, 4) is 5.75 Å². The zero-order chi connectivity index (χ0) is 10.1. The van der Waals surface area contributed by atoms with Crippen LogP contribution in [0.25, 0.3) is 0 Å². The molecule has 3 heteroatoms. The number of methoxy groups -OCH3 is 1. The fourth-order valence-electron chi connectivity index (χ4n) is 1.95. The first-order chi connectivity index (χ1) is 6.76. The predicted octanol–water partition coefficient (Wildman–Crippen LogP) is 2.39. The number of halogens is 1. The number of hydrogen-bond acceptors (Lipinski definition) is 2. The molecular formula is C11H14FNO. The summed E-state index contributed by atoms with van der Waals surface area (Å²) in [6.07, 6.45) is 1.02. The lowest BCUT2D eigenvalue weighted by Gasteiger charge is -2.10. The van der Waals surface area contributed by atoms with Crippen LogP contribution in [0.15, 0.2) is 12.1 Å². The van der Waals surface area contributed by atoms with Gasteiger partial charge in [-0.05, 0) is 29.7 Å². The maximum Gasteiger partial charge on any atom is 0.165 e. The molecule has 1 aromatic rings. The quantitative estimate of drug-likeness (QED) is 0.782. The first-order valence-electron chi connectivity index (χ1n) is 4.86. The van der Waals surface area contributed by atoms with E-state index >= 15 is 0 Å². The van der Waals surface area contributed by atoms with Crippen LogP contribution in [-0.4, -0.2) is 7.11 Å². The Morgan fingerprint density at radius 2 is 2.36 bits per heavy atom. The van der Waals surface area contributed by atoms with E-state index in [1.54, 1.807) is 12.1 Å². The summed E-state index contributed by atoms with van der Waals surface area (Å²) in [6, 6.07) is 3.72. The zero-order valence-corrected chi connectivity index (χ0v) is 8.43. The molecule has 0 radical (unpaired) electrons. The molecule has 2 nitrogen and oxygen atoms in total. The molecular weight excluding hydrogens is 181 g/mol. The zero-order valence-electron chi connectivity index (χ0n) is 8.43. The topological polar surface area (TPSA) is 21.3 Å². The van der Waals surface area contributed by atoms with E-state index in [0.717, 1.165) is 18.5 Å². The van der Waals surface area contributed by atoms with Gasteiger partial charge in [0.15, 0.2) is 11.6 Å². The third kappa shape index (κ3) is 1.38. The van der Waals surface area contributed by atoms with Gasteiger partial charge in [0.2, 0.25) is 0 Å². The summed E-state index contributed by atoms with van der Waals surface area (Å²) < 4.78 is 18.3. The van der Waals surface area contributed by atoms with E-state index in [-0.39, 0.29) is 5.82 Å². The molecule has 0 saturated carbocycles. The van der Waals surface area contributed by atoms with Crippen LogP contribution in [0.5, 0.6) is 5.75 Å². The van der Waals surface area contributed by atoms with Crippen LogP contribution in [0, 0.1) is 5.82 Å². The largest absolute Gasteiger partial charge is 0.494 e. The average Bonchev–Trinajstić information content (AvgIpc) is 2.58. The van der Waals surface area contributed by atoms with Gasteiger partial charge >= 0.3 is 0 Å². The lowest BCUT2D eigenvalue weighted by molar-refractivity contribution is 0.385. The van der Waals surface area contributed by atoms with E-state index in [1.165, 1.54) is 12.7 Å². The van der Waals surface area contributed by atoms with E-state index in [1.807, 2.05) is 0 Å². The van der Waals surface area contributed by atoms with Crippen molar-refractivity contribution in [2.75, 3.05) is 7.11 Å². The van der Waals surface area contributed by atoms with Crippen LogP contribution in [0.1, 0.15) is 30.5 Å². The molecule has 1 N–H and O–H groups in total. The third-order valence-electron chi connectivity index (χ3n) is 2.74. The molecule has 1 aromatic carbocycles. The highest BCUT2D eigenvalue weighted by Crippen LogP contribution is 2.32. The average molecular weight is 195 g/mol. The van der Waals surface area contributed by atoms with Gasteiger partial charge in [0.1, 0.15) is 0 Å². The Kier molecular flexibility index (Phi) is 2.42. The summed E-state index contributed by atoms with van der Waals surface area (Å²) in [5.74, 6) is 0.0655. The highest BCUT2D eigenvalue weighted by Gasteiger charge is 2.22. The first kappa shape index (κ1) is 9.46. The summed E-state index contributed by atoms with van der Waals surface area (Å²) in [5.41, 5.74) is 2.22. The number of rotatable bonds is 2. The molecule has 1 aliphatic rings. The van der Waals surface area contributed by atoms with Crippen molar-refractivity contribution in [3.05, 3.63) is 29.1 Å². The molecule has 14 heavy (non-hydrogen) atoms. The van der Waals surface area contributed by atoms with Crippen LogP contribution in [0.2, 0.25) is 0 Å². The fraction of sp³-hybridized carbons (Fsp3) is 0.455. The van der Waals surface area contributed by atoms with Gasteiger partial charge in [-0.15, -0.1) is 0 Å². The lowest BCUT2D eigenvalue weighted by atomic mass is 10.0. The maximum absolute atomic E-state index is 13.3. The second kappa shape index (κ2) is 3.58. The van der Waals surface area contributed by atoms with E-state index in [2.05, 4.69) is 12.2 Å². The van der Waals surface area contributed by atoms with Gasteiger partial charge in [-0.2, -0.15) is 0 Å². The summed E-state index contributed by atoms with van der Waals surface area (Å²) in [7, 11) is 1.49. The van der Waals surface area contributed by atoms with Crippen molar-refractivity contribution in [1.82, 2.24) is 5.32 Å². The molecule has 0 spiro atoms. The normalized spacial score (nSPS) is 19.5. The van der Waals surface area contributed by atoms with Crippen molar-refractivity contribution in [2.45, 2.75) is 25.9 Å². The highest BCUT2D eigenvalue weighted by molar-refractivity contribution is 5.41. The molecule has 1 atom stereocenters. The maximum atomic E-state index is 13.3. The van der Waals surface area contributed by atoms with Crippen molar-refractivity contribution >= 4 is 0 Å². The molecule has 0 aromatic heterocycles. The SMILES string of the molecule is CCC1NCc2cc(F)c(OC)cc21. The standard InChI is InChI=1S/C11H14FNO/c1-3-10-8-5-11(14-2)9(12)4-7(8)6-13-10/h4-5,10,13H,3,6H2,1-2H3. The van der Waals surface area contributed by atoms with Crippen molar-refractivity contribution < 1.29 is 9.13 Å². The smallest absolute Gasteiger partial charge is 0.165 e. The summed E-state index contributed by atoms with van der Waals surface area (Å²) in [5, 5.41) is 3.33. The second-order valence-electron chi connectivity index (χ2n) is 3.53. The molecule has 1 heterocycles. The highest BCUT2D eigenvalue weighted by atomic mass is 19.1. The lowest BCUT2D eigenvalue weighted by Crippen LogP contribution is -2.10. The van der Waals surface area contributed by atoms with Gasteiger partial charge in [0.25, 0.3) is 0 Å². The summed E-state index contributed by atoms with van der Waals surface area (Å²) in [6.45, 7) is 2.87. The molecule has 0 amide bonds. The predicted molar refractivity (Wildman–Crippen MR) is 52.8 cm³/mol. The van der Waals surface area contributed by atoms with Crippen LogP contribution in [0.3, 0.4) is 0 Å². The van der Waals surface area contributed by atoms with Gasteiger partial charge in [-0.3, -0.25) is 0 Å². The Balaban J connectivity index is 2.45. The van der Waals surface area contributed by atoms with Gasteiger partial charge in [0, 0.05) is 12.6 Å². The van der Waals surface area contributed by atoms with Gasteiger partial charge in [-0.1, -0.05) is 6.92 Å². The molecule has 2 rings (SSSR count). The molecule has 0 fully saturated rings. The number of nitrogens with one attached hydrogen (secondary N) is 1. The van der Waals surface area contributed by atoms with Crippen LogP contribution < -0.4 is 10.1 Å². The second-order valence-corrected chi connectivity index (χ2v) is 3.53. The molecule has 0 saturated heterocycles. The number of ether oxygens (including phenoxy) is 1. The molecule has 1 unspecified atom stereocenters. The van der Waals surface area contributed by atoms with Gasteiger partial charge in [-0.25, -0.2) is 4.39 Å². The van der Waals surface area contributed by atoms with Gasteiger partial charge in [0.05, 0.1) is 7.11 Å². The van der Waals surface area contributed by atoms with E-state index < -0.39 is 0 Å². The molecule has 0 aliphatic carbocycles. The van der Waals surface area contributed by atoms with E-state index in [9.17, 15) is 4.39 Å². The Hall–Kier alpha value is -1.09. The Morgan fingerprint density at radius 3 is 3.00 bits per heavy atom. The van der Waals surface area contributed by atoms with Gasteiger partial charge < -0.3 is 10.1 Å². The fourth-order valence-corrected chi connectivity index (χ4v) is 1.95. The van der Waals surface area contributed by atoms with E-state index in [0.29, 0.717) is 11.8 Å². The Bertz CT molecular complexity index is 351. The third-order valence-corrected chi connectivity index (χ3v) is 2.74. The molecule has 0 bridgehead atoms. The van der Waals surface area contributed by atoms with Crippen molar-refractivity contribution in [3.63, 3.8) is 0 Å². The first-order valence-corrected chi connectivity index (χ1v) is 4.86. The number of fused-ring (bicyclic) bond motifs is 1. The van der Waals surface area contributed by atoms with Crippen LogP contribution in [0.4, 0.5) is 4.39 Å². The monoisotopic (exact) mass is 195 g/mol. The molecule has 76 valence electrons.